The van der Waals surface area contributed by atoms with Crippen LogP contribution in [-0.2, 0) is 14.8 Å². The van der Waals surface area contributed by atoms with Crippen LogP contribution in [0.15, 0.2) is 65.6 Å². The van der Waals surface area contributed by atoms with Gasteiger partial charge in [-0.2, -0.15) is 13.5 Å². The van der Waals surface area contributed by atoms with E-state index in [1.54, 1.807) is 36.4 Å². The largest absolute Gasteiger partial charge is 0.493 e. The van der Waals surface area contributed by atoms with Gasteiger partial charge in [-0.25, -0.2) is 13.2 Å². The van der Waals surface area contributed by atoms with Gasteiger partial charge in [0.2, 0.25) is 15.9 Å². The predicted molar refractivity (Wildman–Crippen MR) is 132 cm³/mol. The first-order valence-corrected chi connectivity index (χ1v) is 12.5. The van der Waals surface area contributed by atoms with Crippen molar-refractivity contribution in [2.75, 3.05) is 19.5 Å². The Kier molecular flexibility index (Phi) is 7.15. The molecular formula is C23H20N4O7S2. The zero-order valence-corrected chi connectivity index (χ0v) is 20.6. The molecule has 0 bridgehead atoms. The highest BCUT2D eigenvalue weighted by Gasteiger charge is 2.30. The molecule has 0 spiro atoms. The van der Waals surface area contributed by atoms with Gasteiger partial charge in [0.15, 0.2) is 11.5 Å². The van der Waals surface area contributed by atoms with Crippen LogP contribution in [0.2, 0.25) is 0 Å². The lowest BCUT2D eigenvalue weighted by Gasteiger charge is -2.20. The van der Waals surface area contributed by atoms with Gasteiger partial charge in [-0.15, -0.1) is 0 Å². The standard InChI is InChI=1S/C23H20N4O7S2/c1-33-17-11-14(23(29)30)16(12-18(17)34-2)24-22(28)20(13-7-4-3-5-8-13)27-36(31,32)19-10-6-9-15-21(19)26-35-25-15/h3-12,20,27H,1-2H3,(H,24,28)(H,29,30)/t20-/m0/s1. The van der Waals surface area contributed by atoms with Gasteiger partial charge < -0.3 is 19.9 Å². The number of benzene rings is 3. The third-order valence-corrected chi connectivity index (χ3v) is 7.22. The molecule has 0 aliphatic rings. The number of nitrogens with zero attached hydrogens (tertiary/aromatic N) is 2. The molecule has 1 heterocycles. The van der Waals surface area contributed by atoms with E-state index in [1.807, 2.05) is 0 Å². The molecular weight excluding hydrogens is 508 g/mol. The maximum atomic E-state index is 13.4. The number of aromatic carboxylic acids is 1. The Balaban J connectivity index is 1.74. The van der Waals surface area contributed by atoms with Crippen LogP contribution in [0, 0.1) is 0 Å². The number of carbonyl (C=O) groups is 2. The molecule has 3 aromatic carbocycles. The molecule has 11 nitrogen and oxygen atoms in total. The van der Waals surface area contributed by atoms with Crippen LogP contribution in [0.4, 0.5) is 5.69 Å². The van der Waals surface area contributed by atoms with E-state index >= 15 is 0 Å². The molecule has 0 unspecified atom stereocenters. The molecule has 0 fully saturated rings. The van der Waals surface area contributed by atoms with E-state index in [9.17, 15) is 23.1 Å². The quantitative estimate of drug-likeness (QED) is 0.297. The summed E-state index contributed by atoms with van der Waals surface area (Å²) in [6.45, 7) is 0. The third kappa shape index (κ3) is 4.98. The number of carboxylic acids is 1. The van der Waals surface area contributed by atoms with Crippen molar-refractivity contribution < 1.29 is 32.6 Å². The van der Waals surface area contributed by atoms with Crippen molar-refractivity contribution in [3.05, 3.63) is 71.8 Å². The minimum atomic E-state index is -4.26. The summed E-state index contributed by atoms with van der Waals surface area (Å²) < 4.78 is 47.6. The van der Waals surface area contributed by atoms with Crippen molar-refractivity contribution in [3.8, 4) is 11.5 Å². The number of nitrogens with one attached hydrogen (secondary N) is 2. The topological polar surface area (TPSA) is 157 Å². The van der Waals surface area contributed by atoms with Crippen molar-refractivity contribution in [2.45, 2.75) is 10.9 Å². The smallest absolute Gasteiger partial charge is 0.337 e. The van der Waals surface area contributed by atoms with Crippen molar-refractivity contribution >= 4 is 50.3 Å². The maximum Gasteiger partial charge on any atom is 0.337 e. The van der Waals surface area contributed by atoms with Crippen LogP contribution < -0.4 is 19.5 Å². The van der Waals surface area contributed by atoms with E-state index in [1.165, 1.54) is 38.5 Å². The van der Waals surface area contributed by atoms with Gasteiger partial charge in [0.25, 0.3) is 0 Å². The molecule has 0 saturated carbocycles. The van der Waals surface area contributed by atoms with Gasteiger partial charge in [-0.05, 0) is 17.7 Å². The summed E-state index contributed by atoms with van der Waals surface area (Å²) in [6, 6.07) is 13.8. The summed E-state index contributed by atoms with van der Waals surface area (Å²) in [5.74, 6) is -1.82. The van der Waals surface area contributed by atoms with Crippen molar-refractivity contribution in [2.24, 2.45) is 0 Å². The van der Waals surface area contributed by atoms with E-state index in [0.29, 0.717) is 11.1 Å². The number of hydrogen-bond donors (Lipinski definition) is 3. The Morgan fingerprint density at radius 2 is 1.67 bits per heavy atom. The molecule has 13 heteroatoms. The lowest BCUT2D eigenvalue weighted by atomic mass is 10.1. The van der Waals surface area contributed by atoms with Crippen molar-refractivity contribution in [1.82, 2.24) is 13.5 Å². The molecule has 4 aromatic rings. The number of sulfonamides is 1. The molecule has 0 aliphatic carbocycles. The molecule has 1 aromatic heterocycles. The summed E-state index contributed by atoms with van der Waals surface area (Å²) in [6.07, 6.45) is 0. The van der Waals surface area contributed by atoms with Crippen LogP contribution in [-0.4, -0.2) is 48.4 Å². The number of rotatable bonds is 9. The number of amides is 1. The average molecular weight is 529 g/mol. The highest BCUT2D eigenvalue weighted by Crippen LogP contribution is 2.34. The summed E-state index contributed by atoms with van der Waals surface area (Å²) >= 11 is 0.868. The number of hydrogen-bond acceptors (Lipinski definition) is 9. The van der Waals surface area contributed by atoms with Gasteiger partial charge in [0.05, 0.1) is 37.2 Å². The Bertz CT molecular complexity index is 1540. The first-order valence-electron chi connectivity index (χ1n) is 10.3. The molecule has 1 atom stereocenters. The second kappa shape index (κ2) is 10.3. The number of ether oxygens (including phenoxy) is 2. The predicted octanol–water partition coefficient (Wildman–Crippen LogP) is 3.07. The minimum Gasteiger partial charge on any atom is -0.493 e. The second-order valence-corrected chi connectivity index (χ2v) is 9.61. The fourth-order valence-corrected chi connectivity index (χ4v) is 5.45. The normalized spacial score (nSPS) is 12.2. The second-order valence-electron chi connectivity index (χ2n) is 7.40. The fraction of sp³-hybridized carbons (Fsp3) is 0.130. The highest BCUT2D eigenvalue weighted by molar-refractivity contribution is 7.89. The van der Waals surface area contributed by atoms with Crippen LogP contribution in [0.3, 0.4) is 0 Å². The van der Waals surface area contributed by atoms with Crippen LogP contribution >= 0.6 is 11.7 Å². The van der Waals surface area contributed by atoms with Gasteiger partial charge >= 0.3 is 5.97 Å². The van der Waals surface area contributed by atoms with E-state index < -0.39 is 27.9 Å². The van der Waals surface area contributed by atoms with Gasteiger partial charge in [0, 0.05) is 12.1 Å². The van der Waals surface area contributed by atoms with Gasteiger partial charge in [-0.3, -0.25) is 4.79 Å². The SMILES string of the molecule is COc1cc(NC(=O)[C@@H](NS(=O)(=O)c2cccc3nsnc23)c2ccccc2)c(C(=O)O)cc1OC. The van der Waals surface area contributed by atoms with E-state index in [0.717, 1.165) is 11.7 Å². The third-order valence-electron chi connectivity index (χ3n) is 5.22. The first kappa shape index (κ1) is 25.0. The molecule has 0 saturated heterocycles. The number of fused-ring (bicyclic) bond motifs is 1. The van der Waals surface area contributed by atoms with E-state index in [4.69, 9.17) is 9.47 Å². The number of methoxy groups -OCH3 is 2. The Morgan fingerprint density at radius 3 is 2.33 bits per heavy atom. The number of anilines is 1. The van der Waals surface area contributed by atoms with Crippen LogP contribution in [0.1, 0.15) is 22.0 Å². The lowest BCUT2D eigenvalue weighted by molar-refractivity contribution is -0.117. The van der Waals surface area contributed by atoms with Gasteiger partial charge in [-0.1, -0.05) is 36.4 Å². The molecule has 1 amide bonds. The molecule has 0 aliphatic heterocycles. The summed E-state index contributed by atoms with van der Waals surface area (Å²) in [4.78, 5) is 25.1. The highest BCUT2D eigenvalue weighted by atomic mass is 32.2. The first-order chi connectivity index (χ1) is 17.2. The maximum absolute atomic E-state index is 13.4. The fourth-order valence-electron chi connectivity index (χ4n) is 3.50. The number of carbonyl (C=O) groups excluding carboxylic acids is 1. The summed E-state index contributed by atoms with van der Waals surface area (Å²) in [5, 5.41) is 12.2. The minimum absolute atomic E-state index is 0.101. The van der Waals surface area contributed by atoms with E-state index in [2.05, 4.69) is 18.8 Å². The number of aromatic nitrogens is 2. The van der Waals surface area contributed by atoms with Crippen LogP contribution in [0.5, 0.6) is 11.5 Å². The molecule has 3 N–H and O–H groups in total. The van der Waals surface area contributed by atoms with Crippen LogP contribution in [0.25, 0.3) is 11.0 Å². The summed E-state index contributed by atoms with van der Waals surface area (Å²) in [7, 11) is -1.55. The molecule has 0 radical (unpaired) electrons. The number of carboxylic acid groups (broad SMARTS) is 1. The zero-order chi connectivity index (χ0) is 25.9. The Hall–Kier alpha value is -4.07. The molecule has 186 valence electrons. The summed E-state index contributed by atoms with van der Waals surface area (Å²) in [5.41, 5.74) is 0.542. The molecule has 36 heavy (non-hydrogen) atoms. The van der Waals surface area contributed by atoms with Crippen molar-refractivity contribution in [1.29, 1.82) is 0 Å². The zero-order valence-electron chi connectivity index (χ0n) is 19.0. The lowest BCUT2D eigenvalue weighted by Crippen LogP contribution is -2.37. The monoisotopic (exact) mass is 528 g/mol. The van der Waals surface area contributed by atoms with E-state index in [-0.39, 0.29) is 33.2 Å². The Labute approximate surface area is 210 Å². The van der Waals surface area contributed by atoms with Gasteiger partial charge in [0.1, 0.15) is 22.0 Å². The Morgan fingerprint density at radius 1 is 0.972 bits per heavy atom. The van der Waals surface area contributed by atoms with Crippen molar-refractivity contribution in [3.63, 3.8) is 0 Å². The average Bonchev–Trinajstić information content (AvgIpc) is 3.36. The molecule has 4 rings (SSSR count).